The van der Waals surface area contributed by atoms with Crippen LogP contribution >= 0.6 is 0 Å². The van der Waals surface area contributed by atoms with Crippen LogP contribution in [0.2, 0.25) is 0 Å². The molecule has 3 N–H and O–H groups in total. The molecule has 120 valence electrons. The Morgan fingerprint density at radius 2 is 2.10 bits per heavy atom. The van der Waals surface area contributed by atoms with Crippen LogP contribution in [0.1, 0.15) is 19.8 Å². The van der Waals surface area contributed by atoms with E-state index in [0.29, 0.717) is 18.0 Å². The summed E-state index contributed by atoms with van der Waals surface area (Å²) in [4.78, 5) is 0. The zero-order chi connectivity index (χ0) is 15.7. The molecule has 0 atom stereocenters. The number of unbranched alkanes of at least 4 members (excludes halogenated alkanes) is 1. The van der Waals surface area contributed by atoms with Gasteiger partial charge in [-0.3, -0.25) is 0 Å². The van der Waals surface area contributed by atoms with E-state index < -0.39 is 10.0 Å². The second-order valence-corrected chi connectivity index (χ2v) is 6.80. The highest BCUT2D eigenvalue weighted by molar-refractivity contribution is 7.89. The fraction of sp³-hybridized carbons (Fsp3) is 0.571. The third-order valence-corrected chi connectivity index (χ3v) is 4.81. The SMILES string of the molecule is CCCCN(CCO)S(=O)(=O)CCOc1cccc(N)c1. The van der Waals surface area contributed by atoms with Gasteiger partial charge in [-0.1, -0.05) is 19.4 Å². The number of anilines is 1. The molecule has 0 amide bonds. The van der Waals surface area contributed by atoms with Gasteiger partial charge in [-0.25, -0.2) is 8.42 Å². The van der Waals surface area contributed by atoms with Gasteiger partial charge in [-0.15, -0.1) is 0 Å². The van der Waals surface area contributed by atoms with E-state index in [1.807, 2.05) is 6.92 Å². The second-order valence-electron chi connectivity index (χ2n) is 4.71. The molecule has 0 aliphatic heterocycles. The van der Waals surface area contributed by atoms with Crippen LogP contribution in [0.25, 0.3) is 0 Å². The van der Waals surface area contributed by atoms with Crippen molar-refractivity contribution in [3.63, 3.8) is 0 Å². The molecule has 6 nitrogen and oxygen atoms in total. The van der Waals surface area contributed by atoms with Crippen molar-refractivity contribution in [2.45, 2.75) is 19.8 Å². The summed E-state index contributed by atoms with van der Waals surface area (Å²) in [6, 6.07) is 6.86. The lowest BCUT2D eigenvalue weighted by Gasteiger charge is -2.21. The summed E-state index contributed by atoms with van der Waals surface area (Å²) in [5.41, 5.74) is 6.19. The Kier molecular flexibility index (Phi) is 7.49. The molecule has 0 radical (unpaired) electrons. The van der Waals surface area contributed by atoms with Crippen molar-refractivity contribution >= 4 is 15.7 Å². The van der Waals surface area contributed by atoms with E-state index in [4.69, 9.17) is 15.6 Å². The highest BCUT2D eigenvalue weighted by Crippen LogP contribution is 2.14. The third kappa shape index (κ3) is 6.33. The second kappa shape index (κ2) is 8.86. The summed E-state index contributed by atoms with van der Waals surface area (Å²) in [6.07, 6.45) is 1.67. The van der Waals surface area contributed by atoms with Gasteiger partial charge < -0.3 is 15.6 Å². The molecule has 0 spiro atoms. The molecule has 0 aliphatic rings. The van der Waals surface area contributed by atoms with Gasteiger partial charge in [0.2, 0.25) is 10.0 Å². The number of hydrogen-bond acceptors (Lipinski definition) is 5. The maximum Gasteiger partial charge on any atom is 0.217 e. The summed E-state index contributed by atoms with van der Waals surface area (Å²) in [6.45, 7) is 2.42. The Hall–Kier alpha value is -1.31. The average molecular weight is 316 g/mol. The molecule has 0 saturated carbocycles. The van der Waals surface area contributed by atoms with E-state index in [9.17, 15) is 8.42 Å². The summed E-state index contributed by atoms with van der Waals surface area (Å²) in [5.74, 6) is 0.429. The van der Waals surface area contributed by atoms with E-state index in [-0.39, 0.29) is 25.5 Å². The van der Waals surface area contributed by atoms with E-state index in [0.717, 1.165) is 12.8 Å². The number of rotatable bonds is 10. The molecule has 1 aromatic rings. The van der Waals surface area contributed by atoms with Crippen molar-refractivity contribution in [3.05, 3.63) is 24.3 Å². The largest absolute Gasteiger partial charge is 0.492 e. The first-order valence-electron chi connectivity index (χ1n) is 7.06. The topological polar surface area (TPSA) is 92.9 Å². The molecule has 0 aliphatic carbocycles. The quantitative estimate of drug-likeness (QED) is 0.630. The number of nitrogens with two attached hydrogens (primary N) is 1. The number of benzene rings is 1. The predicted octanol–water partition coefficient (Wildman–Crippen LogP) is 1.07. The van der Waals surface area contributed by atoms with Crippen LogP contribution in [0.4, 0.5) is 5.69 Å². The van der Waals surface area contributed by atoms with Crippen LogP contribution in [0.3, 0.4) is 0 Å². The minimum Gasteiger partial charge on any atom is -0.492 e. The van der Waals surface area contributed by atoms with Crippen LogP contribution in [-0.2, 0) is 10.0 Å². The molecule has 0 aromatic heterocycles. The van der Waals surface area contributed by atoms with Crippen LogP contribution in [0.15, 0.2) is 24.3 Å². The summed E-state index contributed by atoms with van der Waals surface area (Å²) < 4.78 is 31.1. The number of hydrogen-bond donors (Lipinski definition) is 2. The number of sulfonamides is 1. The number of aliphatic hydroxyl groups is 1. The average Bonchev–Trinajstić information content (AvgIpc) is 2.43. The molecular formula is C14H24N2O4S. The van der Waals surface area contributed by atoms with Crippen LogP contribution in [-0.4, -0.2) is 49.9 Å². The Morgan fingerprint density at radius 1 is 1.33 bits per heavy atom. The fourth-order valence-corrected chi connectivity index (χ4v) is 3.15. The Labute approximate surface area is 126 Å². The van der Waals surface area contributed by atoms with Crippen LogP contribution in [0, 0.1) is 0 Å². The third-order valence-electron chi connectivity index (χ3n) is 2.97. The van der Waals surface area contributed by atoms with E-state index in [1.54, 1.807) is 24.3 Å². The van der Waals surface area contributed by atoms with Crippen molar-refractivity contribution in [1.29, 1.82) is 0 Å². The van der Waals surface area contributed by atoms with Gasteiger partial charge in [0.25, 0.3) is 0 Å². The van der Waals surface area contributed by atoms with Gasteiger partial charge >= 0.3 is 0 Å². The molecular weight excluding hydrogens is 292 g/mol. The Morgan fingerprint density at radius 3 is 2.71 bits per heavy atom. The van der Waals surface area contributed by atoms with Crippen molar-refractivity contribution in [1.82, 2.24) is 4.31 Å². The van der Waals surface area contributed by atoms with Crippen molar-refractivity contribution < 1.29 is 18.3 Å². The minimum atomic E-state index is -3.42. The van der Waals surface area contributed by atoms with Gasteiger partial charge in [0.15, 0.2) is 0 Å². The minimum absolute atomic E-state index is 0.0554. The van der Waals surface area contributed by atoms with Crippen LogP contribution < -0.4 is 10.5 Å². The van der Waals surface area contributed by atoms with Crippen molar-refractivity contribution in [2.75, 3.05) is 37.8 Å². The van der Waals surface area contributed by atoms with E-state index in [1.165, 1.54) is 4.31 Å². The zero-order valence-electron chi connectivity index (χ0n) is 12.4. The zero-order valence-corrected chi connectivity index (χ0v) is 13.2. The highest BCUT2D eigenvalue weighted by atomic mass is 32.2. The van der Waals surface area contributed by atoms with Crippen LogP contribution in [0.5, 0.6) is 5.75 Å². The monoisotopic (exact) mass is 316 g/mol. The maximum absolute atomic E-state index is 12.2. The lowest BCUT2D eigenvalue weighted by atomic mass is 10.3. The van der Waals surface area contributed by atoms with Gasteiger partial charge in [-0.05, 0) is 18.6 Å². The fourth-order valence-electron chi connectivity index (χ4n) is 1.83. The lowest BCUT2D eigenvalue weighted by molar-refractivity contribution is 0.251. The predicted molar refractivity (Wildman–Crippen MR) is 83.7 cm³/mol. The number of aliphatic hydroxyl groups excluding tert-OH is 1. The first-order chi connectivity index (χ1) is 9.99. The van der Waals surface area contributed by atoms with Gasteiger partial charge in [0.1, 0.15) is 12.4 Å². The summed E-state index contributed by atoms with van der Waals surface area (Å²) in [7, 11) is -3.42. The number of nitrogen functional groups attached to an aromatic ring is 1. The first kappa shape index (κ1) is 17.7. The number of ether oxygens (including phenoxy) is 1. The molecule has 1 aromatic carbocycles. The molecule has 0 saturated heterocycles. The van der Waals surface area contributed by atoms with Crippen molar-refractivity contribution in [3.8, 4) is 5.75 Å². The normalized spacial score (nSPS) is 11.8. The van der Waals surface area contributed by atoms with Crippen molar-refractivity contribution in [2.24, 2.45) is 0 Å². The van der Waals surface area contributed by atoms with E-state index in [2.05, 4.69) is 0 Å². The molecule has 0 bridgehead atoms. The van der Waals surface area contributed by atoms with Gasteiger partial charge in [0, 0.05) is 24.8 Å². The highest BCUT2D eigenvalue weighted by Gasteiger charge is 2.20. The molecule has 0 fully saturated rings. The van der Waals surface area contributed by atoms with E-state index >= 15 is 0 Å². The number of nitrogens with zero attached hydrogens (tertiary/aromatic N) is 1. The smallest absolute Gasteiger partial charge is 0.217 e. The Bertz CT molecular complexity index is 519. The summed E-state index contributed by atoms with van der Waals surface area (Å²) in [5, 5.41) is 8.98. The molecule has 1 rings (SSSR count). The summed E-state index contributed by atoms with van der Waals surface area (Å²) >= 11 is 0. The Balaban J connectivity index is 2.53. The molecule has 21 heavy (non-hydrogen) atoms. The maximum atomic E-state index is 12.2. The molecule has 0 heterocycles. The van der Waals surface area contributed by atoms with Gasteiger partial charge in [0.05, 0.1) is 12.4 Å². The molecule has 0 unspecified atom stereocenters. The first-order valence-corrected chi connectivity index (χ1v) is 8.67. The molecule has 7 heteroatoms. The van der Waals surface area contributed by atoms with Gasteiger partial charge in [-0.2, -0.15) is 4.31 Å². The lowest BCUT2D eigenvalue weighted by Crippen LogP contribution is -2.37. The standard InChI is InChI=1S/C14H24N2O4S/c1-2-3-7-16(8-9-17)21(18,19)11-10-20-14-6-4-5-13(15)12-14/h4-6,12,17H,2-3,7-11,15H2,1H3.